The molecule has 0 amide bonds. The van der Waals surface area contributed by atoms with Crippen LogP contribution in [-0.4, -0.2) is 49.3 Å². The van der Waals surface area contributed by atoms with Crippen LogP contribution in [0.3, 0.4) is 0 Å². The summed E-state index contributed by atoms with van der Waals surface area (Å²) in [6.07, 6.45) is -2.91. The van der Waals surface area contributed by atoms with Crippen molar-refractivity contribution >= 4 is 17.6 Å². The fraction of sp³-hybridized carbons (Fsp3) is 0.381. The van der Waals surface area contributed by atoms with E-state index in [0.29, 0.717) is 17.1 Å². The van der Waals surface area contributed by atoms with E-state index in [1.807, 2.05) is 0 Å². The van der Waals surface area contributed by atoms with Gasteiger partial charge in [0.2, 0.25) is 0 Å². The number of carbonyl (C=O) groups excluding carboxylic acids is 2. The van der Waals surface area contributed by atoms with Crippen molar-refractivity contribution in [1.29, 1.82) is 0 Å². The second kappa shape index (κ2) is 8.30. The van der Waals surface area contributed by atoms with Crippen LogP contribution in [0.4, 0.5) is 18.9 Å². The molecule has 1 saturated carbocycles. The average Bonchev–Trinajstić information content (AvgIpc) is 3.54. The lowest BCUT2D eigenvalue weighted by Crippen LogP contribution is -2.38. The number of carbonyl (C=O) groups is 2. The second-order valence-corrected chi connectivity index (χ2v) is 7.37. The van der Waals surface area contributed by atoms with Gasteiger partial charge in [-0.1, -0.05) is 0 Å². The molecule has 1 aliphatic carbocycles. The highest BCUT2D eigenvalue weighted by molar-refractivity contribution is 6.03. The SMILES string of the molecule is COC(=O)C1=C(C(=O)OC)N(c2ccc(-n3nc(C(F)(F)F)cc3C3CC3)cc2)COC1. The number of rotatable bonds is 5. The van der Waals surface area contributed by atoms with Gasteiger partial charge in [-0.25, -0.2) is 14.3 Å². The average molecular weight is 451 g/mol. The van der Waals surface area contributed by atoms with Crippen molar-refractivity contribution in [2.75, 3.05) is 32.5 Å². The Hall–Kier alpha value is -3.34. The van der Waals surface area contributed by atoms with Crippen LogP contribution in [0.25, 0.3) is 5.69 Å². The maximum Gasteiger partial charge on any atom is 0.435 e. The number of aromatic nitrogens is 2. The molecule has 1 aromatic carbocycles. The zero-order valence-electron chi connectivity index (χ0n) is 17.3. The smallest absolute Gasteiger partial charge is 0.435 e. The van der Waals surface area contributed by atoms with Gasteiger partial charge >= 0.3 is 18.1 Å². The van der Waals surface area contributed by atoms with Gasteiger partial charge in [-0.3, -0.25) is 0 Å². The van der Waals surface area contributed by atoms with E-state index in [2.05, 4.69) is 5.10 Å². The molecule has 0 atom stereocenters. The highest BCUT2D eigenvalue weighted by Gasteiger charge is 2.38. The first kappa shape index (κ1) is 21.9. The number of nitrogens with zero attached hydrogens (tertiary/aromatic N) is 3. The summed E-state index contributed by atoms with van der Waals surface area (Å²) in [6.45, 7) is -0.151. The van der Waals surface area contributed by atoms with Gasteiger partial charge in [0.1, 0.15) is 12.4 Å². The third kappa shape index (κ3) is 4.07. The minimum Gasteiger partial charge on any atom is -0.466 e. The number of benzene rings is 1. The van der Waals surface area contributed by atoms with E-state index in [4.69, 9.17) is 14.2 Å². The maximum absolute atomic E-state index is 13.2. The zero-order valence-corrected chi connectivity index (χ0v) is 17.3. The Morgan fingerprint density at radius 1 is 1.06 bits per heavy atom. The topological polar surface area (TPSA) is 82.9 Å². The van der Waals surface area contributed by atoms with E-state index in [1.165, 1.54) is 23.8 Å². The van der Waals surface area contributed by atoms with Crippen molar-refractivity contribution in [3.8, 4) is 5.69 Å². The number of hydrogen-bond donors (Lipinski definition) is 0. The van der Waals surface area contributed by atoms with Crippen molar-refractivity contribution in [3.05, 3.63) is 53.0 Å². The molecule has 0 N–H and O–H groups in total. The van der Waals surface area contributed by atoms with Crippen LogP contribution in [0, 0.1) is 0 Å². The number of alkyl halides is 3. The number of methoxy groups -OCH3 is 2. The Morgan fingerprint density at radius 2 is 1.69 bits per heavy atom. The molecule has 8 nitrogen and oxygen atoms in total. The highest BCUT2D eigenvalue weighted by Crippen LogP contribution is 2.43. The maximum atomic E-state index is 13.2. The molecule has 32 heavy (non-hydrogen) atoms. The number of anilines is 1. The van der Waals surface area contributed by atoms with Crippen LogP contribution in [0.15, 0.2) is 41.6 Å². The van der Waals surface area contributed by atoms with E-state index in [0.717, 1.165) is 18.9 Å². The van der Waals surface area contributed by atoms with E-state index < -0.39 is 23.8 Å². The van der Waals surface area contributed by atoms with Crippen molar-refractivity contribution in [1.82, 2.24) is 9.78 Å². The second-order valence-electron chi connectivity index (χ2n) is 7.37. The number of esters is 2. The molecule has 2 aliphatic rings. The molecule has 11 heteroatoms. The molecule has 1 fully saturated rings. The lowest BCUT2D eigenvalue weighted by atomic mass is 10.1. The van der Waals surface area contributed by atoms with E-state index in [1.54, 1.807) is 24.3 Å². The fourth-order valence-corrected chi connectivity index (χ4v) is 3.53. The fourth-order valence-electron chi connectivity index (χ4n) is 3.53. The Kier molecular flexibility index (Phi) is 5.68. The molecule has 2 heterocycles. The first-order chi connectivity index (χ1) is 15.2. The minimum atomic E-state index is -4.54. The Labute approximate surface area is 181 Å². The lowest BCUT2D eigenvalue weighted by molar-refractivity contribution is -0.141. The van der Waals surface area contributed by atoms with Crippen LogP contribution < -0.4 is 4.90 Å². The van der Waals surface area contributed by atoms with Crippen LogP contribution in [0.5, 0.6) is 0 Å². The van der Waals surface area contributed by atoms with Crippen molar-refractivity contribution in [2.45, 2.75) is 24.9 Å². The van der Waals surface area contributed by atoms with E-state index >= 15 is 0 Å². The summed E-state index contributed by atoms with van der Waals surface area (Å²) in [5.41, 5.74) is 0.483. The monoisotopic (exact) mass is 451 g/mol. The standard InChI is InChI=1S/C21H20F3N3O5/c1-30-19(28)15-10-32-11-26(18(15)20(29)31-2)13-5-7-14(8-6-13)27-16(12-3-4-12)9-17(25-27)21(22,23)24/h5-9,12H,3-4,10-11H2,1-2H3. The molecule has 1 aliphatic heterocycles. The van der Waals surface area contributed by atoms with Gasteiger partial charge in [0.25, 0.3) is 0 Å². The minimum absolute atomic E-state index is 0.00703. The Morgan fingerprint density at radius 3 is 2.25 bits per heavy atom. The van der Waals surface area contributed by atoms with E-state index in [-0.39, 0.29) is 30.5 Å². The van der Waals surface area contributed by atoms with Gasteiger partial charge < -0.3 is 19.1 Å². The molecule has 0 unspecified atom stereocenters. The quantitative estimate of drug-likeness (QED) is 0.646. The molecule has 2 aromatic rings. The first-order valence-electron chi connectivity index (χ1n) is 9.77. The Balaban J connectivity index is 1.70. The molecular formula is C21H20F3N3O5. The molecule has 170 valence electrons. The van der Waals surface area contributed by atoms with Crippen LogP contribution in [0.1, 0.15) is 30.1 Å². The number of ether oxygens (including phenoxy) is 3. The van der Waals surface area contributed by atoms with Crippen molar-refractivity contribution in [3.63, 3.8) is 0 Å². The van der Waals surface area contributed by atoms with E-state index in [9.17, 15) is 22.8 Å². The van der Waals surface area contributed by atoms with Gasteiger partial charge in [0.05, 0.1) is 32.1 Å². The molecule has 0 radical (unpaired) electrons. The molecular weight excluding hydrogens is 431 g/mol. The largest absolute Gasteiger partial charge is 0.466 e. The first-order valence-corrected chi connectivity index (χ1v) is 9.77. The lowest BCUT2D eigenvalue weighted by Gasteiger charge is -2.31. The summed E-state index contributed by atoms with van der Waals surface area (Å²) in [7, 11) is 2.38. The zero-order chi connectivity index (χ0) is 23.0. The summed E-state index contributed by atoms with van der Waals surface area (Å²) in [4.78, 5) is 25.9. The van der Waals surface area contributed by atoms with Crippen LogP contribution in [0.2, 0.25) is 0 Å². The summed E-state index contributed by atoms with van der Waals surface area (Å²) in [5.74, 6) is -1.42. The molecule has 1 aromatic heterocycles. The number of halogens is 3. The molecule has 0 spiro atoms. The van der Waals surface area contributed by atoms with Gasteiger partial charge in [-0.15, -0.1) is 0 Å². The molecule has 4 rings (SSSR count). The normalized spacial score (nSPS) is 16.8. The predicted octanol–water partition coefficient (Wildman–Crippen LogP) is 3.16. The summed E-state index contributed by atoms with van der Waals surface area (Å²) >= 11 is 0. The highest BCUT2D eigenvalue weighted by atomic mass is 19.4. The van der Waals surface area contributed by atoms with Gasteiger partial charge in [0, 0.05) is 17.3 Å². The molecule has 0 bridgehead atoms. The summed E-state index contributed by atoms with van der Waals surface area (Å²) in [6, 6.07) is 7.48. The summed E-state index contributed by atoms with van der Waals surface area (Å²) in [5, 5.41) is 3.77. The number of hydrogen-bond acceptors (Lipinski definition) is 7. The predicted molar refractivity (Wildman–Crippen MR) is 105 cm³/mol. The van der Waals surface area contributed by atoms with Gasteiger partial charge in [-0.05, 0) is 43.2 Å². The third-order valence-corrected chi connectivity index (χ3v) is 5.26. The van der Waals surface area contributed by atoms with Crippen LogP contribution >= 0.6 is 0 Å². The van der Waals surface area contributed by atoms with Gasteiger partial charge in [-0.2, -0.15) is 18.3 Å². The van der Waals surface area contributed by atoms with Crippen molar-refractivity contribution < 1.29 is 37.0 Å². The van der Waals surface area contributed by atoms with Crippen molar-refractivity contribution in [2.24, 2.45) is 0 Å². The Bertz CT molecular complexity index is 1070. The summed E-state index contributed by atoms with van der Waals surface area (Å²) < 4.78 is 55.8. The van der Waals surface area contributed by atoms with Gasteiger partial charge in [0.15, 0.2) is 5.69 Å². The molecule has 0 saturated heterocycles. The van der Waals surface area contributed by atoms with Crippen LogP contribution in [-0.2, 0) is 30.0 Å². The third-order valence-electron chi connectivity index (χ3n) is 5.26.